The van der Waals surface area contributed by atoms with E-state index in [1.165, 1.54) is 0 Å². The van der Waals surface area contributed by atoms with E-state index < -0.39 is 58.1 Å². The molecule has 1 fully saturated rings. The Bertz CT molecular complexity index is 945. The minimum Gasteiger partial charge on any atom is -0.363 e. The van der Waals surface area contributed by atoms with Crippen LogP contribution in [0.4, 0.5) is 13.2 Å². The summed E-state index contributed by atoms with van der Waals surface area (Å²) in [6.07, 6.45) is -2.01. The Morgan fingerprint density at radius 1 is 1.44 bits per heavy atom. The lowest BCUT2D eigenvalue weighted by Gasteiger charge is -2.17. The van der Waals surface area contributed by atoms with Gasteiger partial charge in [0.15, 0.2) is 0 Å². The Labute approximate surface area is 151 Å². The van der Waals surface area contributed by atoms with Crippen molar-refractivity contribution in [2.45, 2.75) is 31.0 Å². The molecule has 1 N–H and O–H groups in total. The Hall–Kier alpha value is -2.14. The molecule has 0 spiro atoms. The van der Waals surface area contributed by atoms with Gasteiger partial charge in [-0.25, -0.2) is 4.79 Å². The quantitative estimate of drug-likeness (QED) is 0.510. The van der Waals surface area contributed by atoms with Crippen molar-refractivity contribution in [1.29, 1.82) is 0 Å². The molecule has 0 bridgehead atoms. The highest BCUT2D eigenvalue weighted by molar-refractivity contribution is 7.85. The number of ether oxygens (including phenoxy) is 2. The molecular formula is C14H15F3N2O7S. The number of terminal acetylenes is 1. The summed E-state index contributed by atoms with van der Waals surface area (Å²) in [5.74, 6) is 2.19. The SMILES string of the molecule is C#CCO[C@H]1C[C@H](n2cc(C(F)(F)F)c(=O)[nH]c2=O)O[C@@H]1COS(C)(=O)=O. The first-order valence-corrected chi connectivity index (χ1v) is 9.21. The van der Waals surface area contributed by atoms with Gasteiger partial charge in [0.05, 0.1) is 19.0 Å². The highest BCUT2D eigenvalue weighted by Gasteiger charge is 2.40. The topological polar surface area (TPSA) is 117 Å². The van der Waals surface area contributed by atoms with Crippen molar-refractivity contribution in [3.8, 4) is 12.3 Å². The number of rotatable bonds is 6. The molecule has 0 unspecified atom stereocenters. The van der Waals surface area contributed by atoms with E-state index >= 15 is 0 Å². The molecule has 0 aliphatic carbocycles. The maximum Gasteiger partial charge on any atom is 0.423 e. The van der Waals surface area contributed by atoms with E-state index in [4.69, 9.17) is 15.9 Å². The first-order chi connectivity index (χ1) is 12.4. The van der Waals surface area contributed by atoms with E-state index in [-0.39, 0.29) is 13.0 Å². The van der Waals surface area contributed by atoms with Crippen molar-refractivity contribution in [2.75, 3.05) is 19.5 Å². The van der Waals surface area contributed by atoms with E-state index in [1.807, 2.05) is 0 Å². The summed E-state index contributed by atoms with van der Waals surface area (Å²) in [5, 5.41) is 0. The van der Waals surface area contributed by atoms with Crippen LogP contribution in [0.25, 0.3) is 0 Å². The lowest BCUT2D eigenvalue weighted by atomic mass is 10.2. The van der Waals surface area contributed by atoms with Crippen molar-refractivity contribution in [3.63, 3.8) is 0 Å². The molecule has 9 nitrogen and oxygen atoms in total. The lowest BCUT2D eigenvalue weighted by molar-refractivity contribution is -0.139. The highest BCUT2D eigenvalue weighted by atomic mass is 32.2. The maximum atomic E-state index is 12.9. The smallest absolute Gasteiger partial charge is 0.363 e. The second-order valence-corrected chi connectivity index (χ2v) is 7.26. The number of halogens is 3. The van der Waals surface area contributed by atoms with Crippen LogP contribution in [0.5, 0.6) is 0 Å². The van der Waals surface area contributed by atoms with Gasteiger partial charge in [0.1, 0.15) is 24.5 Å². The molecule has 0 saturated carbocycles. The van der Waals surface area contributed by atoms with Gasteiger partial charge in [-0.1, -0.05) is 5.92 Å². The summed E-state index contributed by atoms with van der Waals surface area (Å²) < 4.78 is 76.9. The zero-order valence-electron chi connectivity index (χ0n) is 13.9. The predicted octanol–water partition coefficient (Wildman–Crippen LogP) is -0.163. The third kappa shape index (κ3) is 5.42. The molecule has 0 radical (unpaired) electrons. The number of hydrogen-bond acceptors (Lipinski definition) is 7. The summed E-state index contributed by atoms with van der Waals surface area (Å²) in [5.41, 5.74) is -4.29. The molecule has 0 amide bonds. The van der Waals surface area contributed by atoms with E-state index in [9.17, 15) is 31.2 Å². The van der Waals surface area contributed by atoms with Gasteiger partial charge >= 0.3 is 11.9 Å². The van der Waals surface area contributed by atoms with E-state index in [2.05, 4.69) is 10.1 Å². The molecule has 27 heavy (non-hydrogen) atoms. The fraction of sp³-hybridized carbons (Fsp3) is 0.571. The predicted molar refractivity (Wildman–Crippen MR) is 84.2 cm³/mol. The summed E-state index contributed by atoms with van der Waals surface area (Å²) >= 11 is 0. The van der Waals surface area contributed by atoms with Gasteiger partial charge < -0.3 is 9.47 Å². The highest BCUT2D eigenvalue weighted by Crippen LogP contribution is 2.32. The molecular weight excluding hydrogens is 397 g/mol. The molecule has 3 atom stereocenters. The molecule has 13 heteroatoms. The van der Waals surface area contributed by atoms with E-state index in [1.54, 1.807) is 4.98 Å². The van der Waals surface area contributed by atoms with Gasteiger partial charge in [0.2, 0.25) is 0 Å². The van der Waals surface area contributed by atoms with Crippen LogP contribution in [0.15, 0.2) is 15.8 Å². The van der Waals surface area contributed by atoms with Gasteiger partial charge in [-0.2, -0.15) is 21.6 Å². The summed E-state index contributed by atoms with van der Waals surface area (Å²) in [4.78, 5) is 24.9. The van der Waals surface area contributed by atoms with Crippen LogP contribution in [0.3, 0.4) is 0 Å². The van der Waals surface area contributed by atoms with Crippen LogP contribution in [-0.2, 0) is 30.0 Å². The second-order valence-electron chi connectivity index (χ2n) is 5.61. The Morgan fingerprint density at radius 3 is 2.67 bits per heavy atom. The van der Waals surface area contributed by atoms with Crippen LogP contribution in [-0.4, -0.2) is 49.6 Å². The number of H-pyrrole nitrogens is 1. The van der Waals surface area contributed by atoms with Crippen LogP contribution < -0.4 is 11.2 Å². The first kappa shape index (κ1) is 21.2. The number of nitrogens with one attached hydrogen (secondary N) is 1. The van der Waals surface area contributed by atoms with Crippen LogP contribution >= 0.6 is 0 Å². The molecule has 1 aliphatic heterocycles. The van der Waals surface area contributed by atoms with E-state index in [0.717, 1.165) is 6.26 Å². The normalized spacial score (nSPS) is 23.3. The van der Waals surface area contributed by atoms with Crippen molar-refractivity contribution < 1.29 is 35.2 Å². The average molecular weight is 412 g/mol. The Balaban J connectivity index is 2.32. The second kappa shape index (κ2) is 7.85. The number of aromatic nitrogens is 2. The maximum absolute atomic E-state index is 12.9. The average Bonchev–Trinajstić information content (AvgIpc) is 2.92. The standard InChI is InChI=1S/C14H15F3N2O7S/c1-3-4-24-9-5-11(26-10(9)7-25-27(2,22)23)19-6-8(14(15,16)17)12(20)18-13(19)21/h1,6,9-11H,4-5,7H2,2H3,(H,18,20,21)/t9-,10+,11+/m0/s1. The number of aromatic amines is 1. The van der Waals surface area contributed by atoms with Gasteiger partial charge in [0.25, 0.3) is 15.7 Å². The Kier molecular flexibility index (Phi) is 6.15. The zero-order valence-corrected chi connectivity index (χ0v) is 14.7. The van der Waals surface area contributed by atoms with Gasteiger partial charge in [-0.15, -0.1) is 6.42 Å². The van der Waals surface area contributed by atoms with E-state index in [0.29, 0.717) is 10.8 Å². The molecule has 1 aliphatic rings. The molecule has 0 aromatic carbocycles. The van der Waals surface area contributed by atoms with Crippen molar-refractivity contribution in [1.82, 2.24) is 9.55 Å². The van der Waals surface area contributed by atoms with Gasteiger partial charge in [-0.05, 0) is 0 Å². The fourth-order valence-corrected chi connectivity index (χ4v) is 2.82. The zero-order chi connectivity index (χ0) is 20.4. The number of hydrogen-bond donors (Lipinski definition) is 1. The molecule has 1 aromatic heterocycles. The fourth-order valence-electron chi connectivity index (χ4n) is 2.44. The van der Waals surface area contributed by atoms with Crippen molar-refractivity contribution in [2.24, 2.45) is 0 Å². The number of nitrogens with zero attached hydrogens (tertiary/aromatic N) is 1. The minimum absolute atomic E-state index is 0.122. The monoisotopic (exact) mass is 412 g/mol. The third-order valence-electron chi connectivity index (χ3n) is 3.59. The summed E-state index contributed by atoms with van der Waals surface area (Å²) in [7, 11) is -3.82. The molecule has 1 saturated heterocycles. The van der Waals surface area contributed by atoms with Crippen LogP contribution in [0.1, 0.15) is 18.2 Å². The third-order valence-corrected chi connectivity index (χ3v) is 4.16. The number of alkyl halides is 3. The molecule has 2 heterocycles. The molecule has 150 valence electrons. The Morgan fingerprint density at radius 2 is 2.11 bits per heavy atom. The minimum atomic E-state index is -4.99. The van der Waals surface area contributed by atoms with Crippen LogP contribution in [0.2, 0.25) is 0 Å². The largest absolute Gasteiger partial charge is 0.423 e. The van der Waals surface area contributed by atoms with Gasteiger partial charge in [-0.3, -0.25) is 18.5 Å². The molecule has 2 rings (SSSR count). The van der Waals surface area contributed by atoms with Crippen molar-refractivity contribution in [3.05, 3.63) is 32.6 Å². The lowest BCUT2D eigenvalue weighted by Crippen LogP contribution is -2.36. The van der Waals surface area contributed by atoms with Crippen LogP contribution in [0, 0.1) is 12.3 Å². The first-order valence-electron chi connectivity index (χ1n) is 7.40. The van der Waals surface area contributed by atoms with Gasteiger partial charge in [0, 0.05) is 12.6 Å². The summed E-state index contributed by atoms with van der Waals surface area (Å²) in [6, 6.07) is 0. The summed E-state index contributed by atoms with van der Waals surface area (Å²) in [6.45, 7) is -0.667. The molecule has 1 aromatic rings. The van der Waals surface area contributed by atoms with Crippen molar-refractivity contribution >= 4 is 10.1 Å².